The Kier molecular flexibility index (Phi) is 39.8. The number of hydrogen-bond donors (Lipinski definition) is 0. The first-order chi connectivity index (χ1) is 25.9. The predicted molar refractivity (Wildman–Crippen MR) is 212 cm³/mol. The zero-order valence-electron chi connectivity index (χ0n) is 33.7. The van der Waals surface area contributed by atoms with Crippen molar-refractivity contribution in [3.8, 4) is 5.75 Å². The molecule has 0 fully saturated rings. The Labute approximate surface area is 319 Å². The van der Waals surface area contributed by atoms with Gasteiger partial charge in [-0.15, -0.1) is 0 Å². The predicted octanol–water partition coefficient (Wildman–Crippen LogP) is 9.41. The Bertz CT molecular complexity index is 795. The summed E-state index contributed by atoms with van der Waals surface area (Å²) in [6, 6.07) is 8.48. The molecule has 0 saturated carbocycles. The van der Waals surface area contributed by atoms with Gasteiger partial charge in [-0.2, -0.15) is 0 Å². The fraction of sp³-hybridized carbons (Fsp3) is 0.860. The molecule has 52 heavy (non-hydrogen) atoms. The van der Waals surface area contributed by atoms with Crippen molar-refractivity contribution in [2.75, 3.05) is 112 Å². The lowest BCUT2D eigenvalue weighted by Crippen LogP contribution is -2.15. The van der Waals surface area contributed by atoms with Crippen LogP contribution in [0.5, 0.6) is 5.75 Å². The minimum atomic E-state index is 0.532. The van der Waals surface area contributed by atoms with Crippen molar-refractivity contribution < 1.29 is 42.6 Å². The molecule has 9 heteroatoms. The minimum absolute atomic E-state index is 0.532. The second-order valence-electron chi connectivity index (χ2n) is 13.4. The van der Waals surface area contributed by atoms with Crippen molar-refractivity contribution in [1.82, 2.24) is 0 Å². The van der Waals surface area contributed by atoms with Crippen LogP contribution in [0.15, 0.2) is 24.3 Å². The summed E-state index contributed by atoms with van der Waals surface area (Å²) >= 11 is 0. The third-order valence-electron chi connectivity index (χ3n) is 8.74. The topological polar surface area (TPSA) is 83.1 Å². The van der Waals surface area contributed by atoms with E-state index in [0.29, 0.717) is 106 Å². The number of ether oxygens (including phenoxy) is 9. The van der Waals surface area contributed by atoms with Crippen molar-refractivity contribution >= 4 is 0 Å². The minimum Gasteiger partial charge on any atom is -0.491 e. The van der Waals surface area contributed by atoms with Gasteiger partial charge >= 0.3 is 0 Å². The molecule has 0 radical (unpaired) electrons. The van der Waals surface area contributed by atoms with Crippen molar-refractivity contribution in [3.05, 3.63) is 29.8 Å². The van der Waals surface area contributed by atoms with Gasteiger partial charge in [0.05, 0.1) is 99.1 Å². The van der Waals surface area contributed by atoms with Crippen LogP contribution in [-0.2, 0) is 44.3 Å². The molecular formula is C43H80O9. The second-order valence-corrected chi connectivity index (χ2v) is 13.4. The van der Waals surface area contributed by atoms with Gasteiger partial charge in [0, 0.05) is 6.61 Å². The highest BCUT2D eigenvalue weighted by Gasteiger charge is 1.99. The molecule has 0 aliphatic rings. The molecule has 0 unspecified atom stereocenters. The first-order valence-electron chi connectivity index (χ1n) is 21.2. The zero-order valence-corrected chi connectivity index (χ0v) is 33.7. The van der Waals surface area contributed by atoms with Gasteiger partial charge in [-0.05, 0) is 37.0 Å². The monoisotopic (exact) mass is 741 g/mol. The summed E-state index contributed by atoms with van der Waals surface area (Å²) in [7, 11) is 0. The number of rotatable bonds is 44. The average Bonchev–Trinajstić information content (AvgIpc) is 3.16. The van der Waals surface area contributed by atoms with Crippen LogP contribution in [0, 0.1) is 0 Å². The average molecular weight is 741 g/mol. The van der Waals surface area contributed by atoms with Crippen LogP contribution >= 0.6 is 0 Å². The highest BCUT2D eigenvalue weighted by Crippen LogP contribution is 2.15. The largest absolute Gasteiger partial charge is 0.491 e. The quantitative estimate of drug-likeness (QED) is 0.0608. The molecule has 0 aromatic heterocycles. The molecule has 1 rings (SSSR count). The fourth-order valence-electron chi connectivity index (χ4n) is 5.59. The van der Waals surface area contributed by atoms with E-state index in [2.05, 4.69) is 38.1 Å². The maximum absolute atomic E-state index is 5.79. The van der Waals surface area contributed by atoms with E-state index in [9.17, 15) is 0 Å². The maximum Gasteiger partial charge on any atom is 0.119 e. The van der Waals surface area contributed by atoms with Crippen LogP contribution in [0.3, 0.4) is 0 Å². The molecular weight excluding hydrogens is 660 g/mol. The molecule has 0 saturated heterocycles. The number of benzene rings is 1. The first-order valence-corrected chi connectivity index (χ1v) is 21.2. The Morgan fingerprint density at radius 1 is 0.288 bits per heavy atom. The standard InChI is InChI=1S/C43H80O9/c1-3-5-7-9-11-12-13-15-17-19-25-44-26-27-45-28-29-46-30-31-47-32-33-48-34-35-49-36-37-50-38-39-51-40-41-52-43-23-21-42(22-24-43)20-18-16-14-10-8-6-4-2/h21-24H,3-20,25-41H2,1-2H3. The Hall–Kier alpha value is -1.30. The summed E-state index contributed by atoms with van der Waals surface area (Å²) in [5.41, 5.74) is 1.39. The highest BCUT2D eigenvalue weighted by atomic mass is 16.6. The van der Waals surface area contributed by atoms with Crippen LogP contribution in [-0.4, -0.2) is 112 Å². The molecule has 0 N–H and O–H groups in total. The summed E-state index contributed by atoms with van der Waals surface area (Å²) in [5.74, 6) is 0.894. The fourth-order valence-corrected chi connectivity index (χ4v) is 5.59. The molecule has 0 spiro atoms. The third-order valence-corrected chi connectivity index (χ3v) is 8.74. The third kappa shape index (κ3) is 37.0. The first kappa shape index (κ1) is 48.7. The van der Waals surface area contributed by atoms with Crippen LogP contribution in [0.2, 0.25) is 0 Å². The van der Waals surface area contributed by atoms with E-state index >= 15 is 0 Å². The van der Waals surface area contributed by atoms with Crippen LogP contribution in [0.25, 0.3) is 0 Å². The highest BCUT2D eigenvalue weighted by molar-refractivity contribution is 5.27. The molecule has 0 aliphatic heterocycles. The molecule has 0 bridgehead atoms. The lowest BCUT2D eigenvalue weighted by molar-refractivity contribution is -0.0236. The van der Waals surface area contributed by atoms with Gasteiger partial charge < -0.3 is 42.6 Å². The van der Waals surface area contributed by atoms with Gasteiger partial charge in [0.2, 0.25) is 0 Å². The Morgan fingerprint density at radius 3 is 0.942 bits per heavy atom. The number of aryl methyl sites for hydroxylation is 1. The SMILES string of the molecule is CCCCCCCCCCCCOCCOCCOCCOCCOCCOCCOCCOCCOc1ccc(CCCCCCCCC)cc1. The summed E-state index contributed by atoms with van der Waals surface area (Å²) < 4.78 is 50.3. The molecule has 1 aromatic carbocycles. The van der Waals surface area contributed by atoms with Gasteiger partial charge in [0.25, 0.3) is 0 Å². The van der Waals surface area contributed by atoms with Crippen LogP contribution in [0.1, 0.15) is 129 Å². The van der Waals surface area contributed by atoms with E-state index in [-0.39, 0.29) is 0 Å². The summed E-state index contributed by atoms with van der Waals surface area (Å²) in [4.78, 5) is 0. The summed E-state index contributed by atoms with van der Waals surface area (Å²) in [5, 5.41) is 0. The van der Waals surface area contributed by atoms with Gasteiger partial charge in [-0.25, -0.2) is 0 Å². The van der Waals surface area contributed by atoms with Gasteiger partial charge in [-0.3, -0.25) is 0 Å². The normalized spacial score (nSPS) is 11.5. The molecule has 9 nitrogen and oxygen atoms in total. The van der Waals surface area contributed by atoms with Crippen molar-refractivity contribution in [2.45, 2.75) is 129 Å². The smallest absolute Gasteiger partial charge is 0.119 e. The molecule has 0 atom stereocenters. The van der Waals surface area contributed by atoms with E-state index in [4.69, 9.17) is 42.6 Å². The van der Waals surface area contributed by atoms with Gasteiger partial charge in [-0.1, -0.05) is 122 Å². The van der Waals surface area contributed by atoms with E-state index < -0.39 is 0 Å². The summed E-state index contributed by atoms with van der Waals surface area (Å²) in [6.07, 6.45) is 24.0. The second kappa shape index (κ2) is 42.4. The van der Waals surface area contributed by atoms with Crippen molar-refractivity contribution in [2.24, 2.45) is 0 Å². The van der Waals surface area contributed by atoms with Gasteiger partial charge in [0.1, 0.15) is 12.4 Å². The van der Waals surface area contributed by atoms with Crippen molar-refractivity contribution in [3.63, 3.8) is 0 Å². The van der Waals surface area contributed by atoms with E-state index in [1.807, 2.05) is 0 Å². The van der Waals surface area contributed by atoms with E-state index in [0.717, 1.165) is 25.2 Å². The molecule has 306 valence electrons. The van der Waals surface area contributed by atoms with Gasteiger partial charge in [0.15, 0.2) is 0 Å². The maximum atomic E-state index is 5.79. The van der Waals surface area contributed by atoms with E-state index in [1.54, 1.807) is 0 Å². The van der Waals surface area contributed by atoms with Crippen molar-refractivity contribution in [1.29, 1.82) is 0 Å². The molecule has 0 amide bonds. The number of unbranched alkanes of at least 4 members (excludes halogenated alkanes) is 15. The summed E-state index contributed by atoms with van der Waals surface area (Å²) in [6.45, 7) is 14.2. The molecule has 0 aliphatic carbocycles. The zero-order chi connectivity index (χ0) is 37.1. The Balaban J connectivity index is 1.68. The lowest BCUT2D eigenvalue weighted by atomic mass is 10.0. The number of hydrogen-bond acceptors (Lipinski definition) is 9. The molecule has 1 aromatic rings. The van der Waals surface area contributed by atoms with E-state index in [1.165, 1.54) is 108 Å². The van der Waals surface area contributed by atoms with Crippen LogP contribution < -0.4 is 4.74 Å². The van der Waals surface area contributed by atoms with Crippen LogP contribution in [0.4, 0.5) is 0 Å². The molecule has 0 heterocycles. The Morgan fingerprint density at radius 2 is 0.577 bits per heavy atom. The lowest BCUT2D eigenvalue weighted by Gasteiger charge is -2.09.